The van der Waals surface area contributed by atoms with Gasteiger partial charge in [0.1, 0.15) is 0 Å². The van der Waals surface area contributed by atoms with Crippen molar-refractivity contribution in [3.05, 3.63) is 0 Å². The average molecular weight is 138 g/mol. The lowest BCUT2D eigenvalue weighted by Gasteiger charge is -2.04. The van der Waals surface area contributed by atoms with Gasteiger partial charge in [0.15, 0.2) is 0 Å². The van der Waals surface area contributed by atoms with Crippen molar-refractivity contribution in [2.75, 3.05) is 0 Å². The van der Waals surface area contributed by atoms with Crippen LogP contribution in [0.1, 0.15) is 32.1 Å². The maximum absolute atomic E-state index is 5.54. The zero-order valence-electron chi connectivity index (χ0n) is 6.25. The molecule has 0 aromatic rings. The predicted molar refractivity (Wildman–Crippen MR) is 38.7 cm³/mol. The Hall–Kier alpha value is -0.0400. The van der Waals surface area contributed by atoms with Crippen molar-refractivity contribution in [1.29, 1.82) is 0 Å². The molecule has 1 heteroatoms. The van der Waals surface area contributed by atoms with Crippen LogP contribution in [0, 0.1) is 11.8 Å². The predicted octanol–water partition coefficient (Wildman–Crippen LogP) is 1.96. The molecule has 0 spiro atoms. The molecular weight excluding hydrogens is 124 g/mol. The third-order valence-corrected chi connectivity index (χ3v) is 3.47. The standard InChI is InChI=1S/C9H14O/c1-2-7-3-6(1)4-8-9(5-7)10-8/h6-9H,1-5H2. The summed E-state index contributed by atoms with van der Waals surface area (Å²) in [6.45, 7) is 0. The molecule has 4 atom stereocenters. The fourth-order valence-corrected chi connectivity index (χ4v) is 2.86. The zero-order chi connectivity index (χ0) is 6.55. The van der Waals surface area contributed by atoms with Gasteiger partial charge >= 0.3 is 0 Å². The Kier molecular flexibility index (Phi) is 0.984. The Morgan fingerprint density at radius 1 is 0.800 bits per heavy atom. The van der Waals surface area contributed by atoms with Gasteiger partial charge < -0.3 is 4.74 Å². The fourth-order valence-electron chi connectivity index (χ4n) is 2.86. The van der Waals surface area contributed by atoms with E-state index in [4.69, 9.17) is 4.74 Å². The lowest BCUT2D eigenvalue weighted by Crippen LogP contribution is -2.00. The monoisotopic (exact) mass is 138 g/mol. The maximum atomic E-state index is 5.54. The van der Waals surface area contributed by atoms with E-state index in [2.05, 4.69) is 0 Å². The number of hydrogen-bond donors (Lipinski definition) is 0. The summed E-state index contributed by atoms with van der Waals surface area (Å²) in [6, 6.07) is 0. The molecule has 3 rings (SSSR count). The molecule has 0 radical (unpaired) electrons. The van der Waals surface area contributed by atoms with Crippen molar-refractivity contribution in [3.63, 3.8) is 0 Å². The average Bonchev–Trinajstić information content (AvgIpc) is 2.35. The van der Waals surface area contributed by atoms with Gasteiger partial charge in [-0.1, -0.05) is 12.8 Å². The molecular formula is C9H14O. The van der Waals surface area contributed by atoms with Crippen LogP contribution < -0.4 is 0 Å². The van der Waals surface area contributed by atoms with Gasteiger partial charge in [0.2, 0.25) is 0 Å². The molecule has 4 unspecified atom stereocenters. The second-order valence-electron chi connectivity index (χ2n) is 4.23. The van der Waals surface area contributed by atoms with Gasteiger partial charge in [0.05, 0.1) is 12.2 Å². The van der Waals surface area contributed by atoms with E-state index in [0.717, 1.165) is 11.8 Å². The smallest absolute Gasteiger partial charge is 0.0844 e. The minimum absolute atomic E-state index is 0.704. The van der Waals surface area contributed by atoms with Crippen molar-refractivity contribution in [2.45, 2.75) is 44.3 Å². The Bertz CT molecular complexity index is 139. The minimum Gasteiger partial charge on any atom is -0.370 e. The van der Waals surface area contributed by atoms with Crippen molar-refractivity contribution >= 4 is 0 Å². The molecule has 0 aromatic carbocycles. The van der Waals surface area contributed by atoms with Gasteiger partial charge in [0, 0.05) is 0 Å². The molecule has 1 saturated heterocycles. The van der Waals surface area contributed by atoms with Crippen molar-refractivity contribution in [2.24, 2.45) is 11.8 Å². The Morgan fingerprint density at radius 3 is 2.00 bits per heavy atom. The van der Waals surface area contributed by atoms with Crippen LogP contribution in [0.2, 0.25) is 0 Å². The first kappa shape index (κ1) is 5.59. The van der Waals surface area contributed by atoms with Crippen molar-refractivity contribution in [1.82, 2.24) is 0 Å². The van der Waals surface area contributed by atoms with E-state index in [0.29, 0.717) is 12.2 Å². The molecule has 1 heterocycles. The first-order valence-corrected chi connectivity index (χ1v) is 4.57. The van der Waals surface area contributed by atoms with Gasteiger partial charge in [-0.2, -0.15) is 0 Å². The van der Waals surface area contributed by atoms with E-state index in [1.54, 1.807) is 0 Å². The van der Waals surface area contributed by atoms with Crippen LogP contribution in [-0.4, -0.2) is 12.2 Å². The lowest BCUT2D eigenvalue weighted by atomic mass is 10.0. The van der Waals surface area contributed by atoms with Gasteiger partial charge in [-0.25, -0.2) is 0 Å². The molecule has 1 nitrogen and oxygen atoms in total. The SMILES string of the molecule is C1CC2CC1CC1OC1C2. The summed E-state index contributed by atoms with van der Waals surface area (Å²) < 4.78 is 5.54. The van der Waals surface area contributed by atoms with E-state index in [9.17, 15) is 0 Å². The first-order chi connectivity index (χ1) is 4.92. The second-order valence-corrected chi connectivity index (χ2v) is 4.23. The summed E-state index contributed by atoms with van der Waals surface area (Å²) in [5.41, 5.74) is 0. The molecule has 2 saturated carbocycles. The summed E-state index contributed by atoms with van der Waals surface area (Å²) in [7, 11) is 0. The van der Waals surface area contributed by atoms with Gasteiger partial charge in [-0.05, 0) is 31.1 Å². The Labute approximate surface area is 61.8 Å². The van der Waals surface area contributed by atoms with Gasteiger partial charge in [-0.3, -0.25) is 0 Å². The Morgan fingerprint density at radius 2 is 1.40 bits per heavy atom. The van der Waals surface area contributed by atoms with Crippen LogP contribution in [0.25, 0.3) is 0 Å². The highest BCUT2D eigenvalue weighted by Crippen LogP contribution is 2.47. The summed E-state index contributed by atoms with van der Waals surface area (Å²) in [4.78, 5) is 0. The highest BCUT2D eigenvalue weighted by molar-refractivity contribution is 4.95. The quantitative estimate of drug-likeness (QED) is 0.466. The molecule has 3 fully saturated rings. The highest BCUT2D eigenvalue weighted by Gasteiger charge is 2.46. The summed E-state index contributed by atoms with van der Waals surface area (Å²) in [6.07, 6.45) is 8.71. The van der Waals surface area contributed by atoms with Crippen molar-refractivity contribution < 1.29 is 4.74 Å². The van der Waals surface area contributed by atoms with E-state index in [1.165, 1.54) is 32.1 Å². The molecule has 0 N–H and O–H groups in total. The number of epoxide rings is 1. The molecule has 1 aliphatic heterocycles. The van der Waals surface area contributed by atoms with E-state index >= 15 is 0 Å². The number of hydrogen-bond acceptors (Lipinski definition) is 1. The molecule has 0 amide bonds. The zero-order valence-corrected chi connectivity index (χ0v) is 6.25. The fraction of sp³-hybridized carbons (Fsp3) is 1.00. The largest absolute Gasteiger partial charge is 0.370 e. The van der Waals surface area contributed by atoms with Gasteiger partial charge in [-0.15, -0.1) is 0 Å². The third-order valence-electron chi connectivity index (χ3n) is 3.47. The molecule has 2 aliphatic carbocycles. The highest BCUT2D eigenvalue weighted by atomic mass is 16.6. The normalized spacial score (nSPS) is 57.6. The minimum atomic E-state index is 0.704. The maximum Gasteiger partial charge on any atom is 0.0844 e. The summed E-state index contributed by atoms with van der Waals surface area (Å²) >= 11 is 0. The molecule has 2 bridgehead atoms. The van der Waals surface area contributed by atoms with E-state index in [-0.39, 0.29) is 0 Å². The number of fused-ring (bicyclic) bond motifs is 3. The summed E-state index contributed by atoms with van der Waals surface area (Å²) in [5, 5.41) is 0. The van der Waals surface area contributed by atoms with Crippen LogP contribution in [0.5, 0.6) is 0 Å². The van der Waals surface area contributed by atoms with E-state index < -0.39 is 0 Å². The van der Waals surface area contributed by atoms with Gasteiger partial charge in [0.25, 0.3) is 0 Å². The van der Waals surface area contributed by atoms with Crippen LogP contribution >= 0.6 is 0 Å². The topological polar surface area (TPSA) is 12.5 Å². The number of ether oxygens (including phenoxy) is 1. The van der Waals surface area contributed by atoms with Crippen LogP contribution in [0.4, 0.5) is 0 Å². The van der Waals surface area contributed by atoms with Crippen LogP contribution in [-0.2, 0) is 4.74 Å². The second kappa shape index (κ2) is 1.76. The van der Waals surface area contributed by atoms with Crippen molar-refractivity contribution in [3.8, 4) is 0 Å². The molecule has 0 aromatic heterocycles. The molecule has 10 heavy (non-hydrogen) atoms. The first-order valence-electron chi connectivity index (χ1n) is 4.57. The molecule has 3 aliphatic rings. The van der Waals surface area contributed by atoms with Crippen LogP contribution in [0.3, 0.4) is 0 Å². The Balaban J connectivity index is 1.81. The summed E-state index contributed by atoms with van der Waals surface area (Å²) in [5.74, 6) is 2.09. The lowest BCUT2D eigenvalue weighted by molar-refractivity contribution is 0.298. The van der Waals surface area contributed by atoms with Crippen LogP contribution in [0.15, 0.2) is 0 Å². The number of rotatable bonds is 0. The third kappa shape index (κ3) is 0.731. The van der Waals surface area contributed by atoms with E-state index in [1.807, 2.05) is 0 Å². The molecule has 56 valence electrons.